The fraction of sp³-hybridized carbons (Fsp3) is 0.500. The maximum atomic E-state index is 12.9. The zero-order chi connectivity index (χ0) is 11.5. The van der Waals surface area contributed by atoms with Crippen molar-refractivity contribution in [3.05, 3.63) is 30.1 Å². The Morgan fingerprint density at radius 2 is 2.13 bits per heavy atom. The van der Waals surface area contributed by atoms with Crippen LogP contribution < -0.4 is 0 Å². The summed E-state index contributed by atoms with van der Waals surface area (Å²) in [6, 6.07) is 6.44. The summed E-state index contributed by atoms with van der Waals surface area (Å²) in [5, 5.41) is 10.0. The molecule has 1 atom stereocenters. The number of thioether (sulfide) groups is 1. The summed E-state index contributed by atoms with van der Waals surface area (Å²) < 4.78 is 12.9. The molecule has 0 bridgehead atoms. The number of benzene rings is 1. The molecule has 1 rings (SSSR count). The molecular formula is C12H17FOS. The van der Waals surface area contributed by atoms with Gasteiger partial charge in [0.2, 0.25) is 0 Å². The molecule has 3 heteroatoms. The Labute approximate surface area is 94.7 Å². The average Bonchev–Trinajstić information content (AvgIpc) is 2.15. The first kappa shape index (κ1) is 12.5. The number of hydrogen-bond donors (Lipinski definition) is 1. The Morgan fingerprint density at radius 1 is 1.47 bits per heavy atom. The van der Waals surface area contributed by atoms with Gasteiger partial charge in [-0.3, -0.25) is 0 Å². The van der Waals surface area contributed by atoms with Crippen LogP contribution in [0, 0.1) is 11.7 Å². The largest absolute Gasteiger partial charge is 0.389 e. The molecule has 1 unspecified atom stereocenters. The summed E-state index contributed by atoms with van der Waals surface area (Å²) in [7, 11) is 0. The molecule has 0 aliphatic carbocycles. The summed E-state index contributed by atoms with van der Waals surface area (Å²) in [5.41, 5.74) is -0.711. The fourth-order valence-electron chi connectivity index (χ4n) is 0.953. The van der Waals surface area contributed by atoms with Crippen molar-refractivity contribution in [3.8, 4) is 0 Å². The standard InChI is InChI=1S/C12H17FOS/c1-9(2)12(3,14)8-15-11-6-4-5-10(13)7-11/h4-7,9,14H,8H2,1-3H3. The summed E-state index contributed by atoms with van der Waals surface area (Å²) in [6.07, 6.45) is 0. The molecule has 1 aromatic carbocycles. The van der Waals surface area contributed by atoms with Crippen molar-refractivity contribution in [1.82, 2.24) is 0 Å². The summed E-state index contributed by atoms with van der Waals surface area (Å²) >= 11 is 1.48. The van der Waals surface area contributed by atoms with Gasteiger partial charge in [0.15, 0.2) is 0 Å². The summed E-state index contributed by atoms with van der Waals surface area (Å²) in [5.74, 6) is 0.538. The third kappa shape index (κ3) is 3.84. The van der Waals surface area contributed by atoms with Crippen LogP contribution in [0.15, 0.2) is 29.2 Å². The minimum absolute atomic E-state index is 0.193. The second-order valence-corrected chi connectivity index (χ2v) is 5.31. The third-order valence-electron chi connectivity index (χ3n) is 2.57. The lowest BCUT2D eigenvalue weighted by Crippen LogP contribution is -2.33. The van der Waals surface area contributed by atoms with Gasteiger partial charge in [-0.25, -0.2) is 4.39 Å². The van der Waals surface area contributed by atoms with E-state index in [9.17, 15) is 9.50 Å². The minimum Gasteiger partial charge on any atom is -0.389 e. The lowest BCUT2D eigenvalue weighted by Gasteiger charge is -2.27. The molecule has 0 aliphatic rings. The van der Waals surface area contributed by atoms with E-state index in [-0.39, 0.29) is 11.7 Å². The molecule has 0 saturated carbocycles. The highest BCUT2D eigenvalue weighted by Gasteiger charge is 2.24. The van der Waals surface area contributed by atoms with Crippen LogP contribution in [-0.4, -0.2) is 16.5 Å². The van der Waals surface area contributed by atoms with E-state index in [4.69, 9.17) is 0 Å². The molecule has 0 amide bonds. The van der Waals surface area contributed by atoms with Gasteiger partial charge in [-0.05, 0) is 31.0 Å². The van der Waals surface area contributed by atoms with Crippen molar-refractivity contribution in [2.24, 2.45) is 5.92 Å². The van der Waals surface area contributed by atoms with E-state index >= 15 is 0 Å². The molecule has 0 aromatic heterocycles. The Hall–Kier alpha value is -0.540. The quantitative estimate of drug-likeness (QED) is 0.798. The second kappa shape index (κ2) is 4.99. The van der Waals surface area contributed by atoms with Crippen molar-refractivity contribution in [2.75, 3.05) is 5.75 Å². The lowest BCUT2D eigenvalue weighted by molar-refractivity contribution is 0.0376. The van der Waals surface area contributed by atoms with Gasteiger partial charge in [-0.2, -0.15) is 0 Å². The van der Waals surface area contributed by atoms with E-state index in [2.05, 4.69) is 0 Å². The van der Waals surface area contributed by atoms with Gasteiger partial charge in [0.05, 0.1) is 5.60 Å². The molecular weight excluding hydrogens is 211 g/mol. The van der Waals surface area contributed by atoms with Crippen LogP contribution in [0.2, 0.25) is 0 Å². The van der Waals surface area contributed by atoms with Gasteiger partial charge in [0.25, 0.3) is 0 Å². The van der Waals surface area contributed by atoms with Gasteiger partial charge < -0.3 is 5.11 Å². The molecule has 15 heavy (non-hydrogen) atoms. The molecule has 1 nitrogen and oxygen atoms in total. The monoisotopic (exact) mass is 228 g/mol. The maximum Gasteiger partial charge on any atom is 0.124 e. The second-order valence-electron chi connectivity index (χ2n) is 4.26. The topological polar surface area (TPSA) is 20.2 Å². The molecule has 1 aromatic rings. The number of rotatable bonds is 4. The molecule has 0 saturated heterocycles. The van der Waals surface area contributed by atoms with E-state index in [0.29, 0.717) is 5.75 Å². The highest BCUT2D eigenvalue weighted by Crippen LogP contribution is 2.27. The fourth-order valence-corrected chi connectivity index (χ4v) is 2.12. The molecule has 0 fully saturated rings. The summed E-state index contributed by atoms with van der Waals surface area (Å²) in [6.45, 7) is 5.77. The van der Waals surface area contributed by atoms with Crippen LogP contribution in [0.4, 0.5) is 4.39 Å². The Bertz CT molecular complexity index is 323. The first-order valence-electron chi connectivity index (χ1n) is 5.02. The van der Waals surface area contributed by atoms with Crippen LogP contribution in [0.25, 0.3) is 0 Å². The highest BCUT2D eigenvalue weighted by molar-refractivity contribution is 7.99. The number of hydrogen-bond acceptors (Lipinski definition) is 2. The predicted molar refractivity (Wildman–Crippen MR) is 62.6 cm³/mol. The first-order chi connectivity index (χ1) is 6.92. The van der Waals surface area contributed by atoms with E-state index < -0.39 is 5.60 Å². The molecule has 1 N–H and O–H groups in total. The Balaban J connectivity index is 2.57. The normalized spacial score (nSPS) is 15.3. The van der Waals surface area contributed by atoms with Crippen molar-refractivity contribution in [2.45, 2.75) is 31.3 Å². The SMILES string of the molecule is CC(C)C(C)(O)CSc1cccc(F)c1. The van der Waals surface area contributed by atoms with Gasteiger partial charge in [-0.1, -0.05) is 19.9 Å². The zero-order valence-corrected chi connectivity index (χ0v) is 10.1. The van der Waals surface area contributed by atoms with Crippen LogP contribution >= 0.6 is 11.8 Å². The molecule has 0 spiro atoms. The number of halogens is 1. The summed E-state index contributed by atoms with van der Waals surface area (Å²) in [4.78, 5) is 0.857. The van der Waals surface area contributed by atoms with Crippen LogP contribution in [0.5, 0.6) is 0 Å². The number of aliphatic hydroxyl groups is 1. The van der Waals surface area contributed by atoms with Crippen LogP contribution in [0.1, 0.15) is 20.8 Å². The van der Waals surface area contributed by atoms with Crippen molar-refractivity contribution in [1.29, 1.82) is 0 Å². The maximum absolute atomic E-state index is 12.9. The van der Waals surface area contributed by atoms with Gasteiger partial charge in [-0.15, -0.1) is 11.8 Å². The van der Waals surface area contributed by atoms with E-state index in [1.165, 1.54) is 23.9 Å². The van der Waals surface area contributed by atoms with E-state index in [1.54, 1.807) is 6.07 Å². The zero-order valence-electron chi connectivity index (χ0n) is 9.33. The first-order valence-corrected chi connectivity index (χ1v) is 6.01. The third-order valence-corrected chi connectivity index (χ3v) is 3.89. The van der Waals surface area contributed by atoms with Crippen molar-refractivity contribution in [3.63, 3.8) is 0 Å². The molecule has 0 aliphatic heterocycles. The van der Waals surface area contributed by atoms with Crippen molar-refractivity contribution < 1.29 is 9.50 Å². The predicted octanol–water partition coefficient (Wildman–Crippen LogP) is 3.32. The van der Waals surface area contributed by atoms with Crippen LogP contribution in [-0.2, 0) is 0 Å². The minimum atomic E-state index is -0.711. The highest BCUT2D eigenvalue weighted by atomic mass is 32.2. The molecule has 0 heterocycles. The smallest absolute Gasteiger partial charge is 0.124 e. The Kier molecular flexibility index (Phi) is 4.17. The lowest BCUT2D eigenvalue weighted by atomic mass is 9.95. The van der Waals surface area contributed by atoms with Crippen molar-refractivity contribution >= 4 is 11.8 Å². The molecule has 84 valence electrons. The Morgan fingerprint density at radius 3 is 2.67 bits per heavy atom. The average molecular weight is 228 g/mol. The van der Waals surface area contributed by atoms with Gasteiger partial charge in [0, 0.05) is 10.6 Å². The van der Waals surface area contributed by atoms with Gasteiger partial charge >= 0.3 is 0 Å². The van der Waals surface area contributed by atoms with Gasteiger partial charge in [0.1, 0.15) is 5.82 Å². The van der Waals surface area contributed by atoms with E-state index in [0.717, 1.165) is 4.90 Å². The van der Waals surface area contributed by atoms with E-state index in [1.807, 2.05) is 26.8 Å². The van der Waals surface area contributed by atoms with Crippen LogP contribution in [0.3, 0.4) is 0 Å². The molecule has 0 radical (unpaired) electrons.